The second-order valence-corrected chi connectivity index (χ2v) is 7.89. The van der Waals surface area contributed by atoms with E-state index < -0.39 is 10.0 Å². The van der Waals surface area contributed by atoms with Gasteiger partial charge in [0, 0.05) is 11.6 Å². The fourth-order valence-corrected chi connectivity index (χ4v) is 3.85. The fourth-order valence-electron chi connectivity index (χ4n) is 2.36. The number of methoxy groups -OCH3 is 1. The van der Waals surface area contributed by atoms with Gasteiger partial charge in [-0.3, -0.25) is 0 Å². The minimum absolute atomic E-state index is 0.151. The summed E-state index contributed by atoms with van der Waals surface area (Å²) in [6.07, 6.45) is 0. The lowest BCUT2D eigenvalue weighted by molar-refractivity contribution is 0.323. The molecule has 0 radical (unpaired) electrons. The number of nitrogens with one attached hydrogen (secondary N) is 1. The fraction of sp³-hybridized carbons (Fsp3) is 0.333. The SMILES string of the molecule is COc1cc(C)c(S(=O)(=O)NCCOc2ccc(C)c(Cl)c2)cc1C. The maximum Gasteiger partial charge on any atom is 0.240 e. The minimum atomic E-state index is -3.62. The van der Waals surface area contributed by atoms with Crippen molar-refractivity contribution < 1.29 is 17.9 Å². The molecule has 0 aromatic heterocycles. The van der Waals surface area contributed by atoms with E-state index in [4.69, 9.17) is 21.1 Å². The summed E-state index contributed by atoms with van der Waals surface area (Å²) in [5.41, 5.74) is 2.35. The average molecular weight is 384 g/mol. The van der Waals surface area contributed by atoms with Gasteiger partial charge >= 0.3 is 0 Å². The van der Waals surface area contributed by atoms with Gasteiger partial charge in [0.15, 0.2) is 0 Å². The second kappa shape index (κ2) is 8.08. The highest BCUT2D eigenvalue weighted by Crippen LogP contribution is 2.25. The largest absolute Gasteiger partial charge is 0.496 e. The zero-order valence-electron chi connectivity index (χ0n) is 14.7. The third-order valence-corrected chi connectivity index (χ3v) is 5.80. The van der Waals surface area contributed by atoms with E-state index in [0.29, 0.717) is 22.1 Å². The van der Waals surface area contributed by atoms with E-state index in [9.17, 15) is 8.42 Å². The van der Waals surface area contributed by atoms with Crippen molar-refractivity contribution in [1.82, 2.24) is 4.72 Å². The van der Waals surface area contributed by atoms with Gasteiger partial charge in [-0.2, -0.15) is 0 Å². The molecule has 0 fully saturated rings. The van der Waals surface area contributed by atoms with E-state index in [1.165, 1.54) is 0 Å². The molecule has 0 spiro atoms. The molecule has 7 heteroatoms. The summed E-state index contributed by atoms with van der Waals surface area (Å²) in [6, 6.07) is 8.69. The second-order valence-electron chi connectivity index (χ2n) is 5.74. The van der Waals surface area contributed by atoms with Crippen LogP contribution in [0.4, 0.5) is 0 Å². The van der Waals surface area contributed by atoms with Crippen LogP contribution in [0, 0.1) is 20.8 Å². The van der Waals surface area contributed by atoms with Crippen molar-refractivity contribution in [3.05, 3.63) is 52.0 Å². The molecule has 0 saturated carbocycles. The Balaban J connectivity index is 2.00. The third kappa shape index (κ3) is 4.87. The number of hydrogen-bond donors (Lipinski definition) is 1. The molecule has 0 heterocycles. The molecule has 25 heavy (non-hydrogen) atoms. The highest BCUT2D eigenvalue weighted by molar-refractivity contribution is 7.89. The van der Waals surface area contributed by atoms with Gasteiger partial charge in [0.25, 0.3) is 0 Å². The summed E-state index contributed by atoms with van der Waals surface area (Å²) in [7, 11) is -2.06. The van der Waals surface area contributed by atoms with Crippen LogP contribution in [0.15, 0.2) is 35.2 Å². The molecule has 0 bridgehead atoms. The van der Waals surface area contributed by atoms with Crippen LogP contribution in [0.25, 0.3) is 0 Å². The van der Waals surface area contributed by atoms with Crippen LogP contribution in [-0.4, -0.2) is 28.7 Å². The average Bonchev–Trinajstić information content (AvgIpc) is 2.56. The van der Waals surface area contributed by atoms with Gasteiger partial charge in [0.2, 0.25) is 10.0 Å². The lowest BCUT2D eigenvalue weighted by atomic mass is 10.1. The quantitative estimate of drug-likeness (QED) is 0.741. The predicted molar refractivity (Wildman–Crippen MR) is 99.3 cm³/mol. The molecule has 2 aromatic rings. The lowest BCUT2D eigenvalue weighted by Gasteiger charge is -2.13. The van der Waals surface area contributed by atoms with Crippen molar-refractivity contribution in [1.29, 1.82) is 0 Å². The van der Waals surface area contributed by atoms with E-state index in [-0.39, 0.29) is 18.0 Å². The van der Waals surface area contributed by atoms with Gasteiger partial charge < -0.3 is 9.47 Å². The topological polar surface area (TPSA) is 64.6 Å². The normalized spacial score (nSPS) is 11.4. The van der Waals surface area contributed by atoms with Crippen molar-refractivity contribution in [2.24, 2.45) is 0 Å². The van der Waals surface area contributed by atoms with Crippen molar-refractivity contribution in [2.45, 2.75) is 25.7 Å². The van der Waals surface area contributed by atoms with Crippen molar-refractivity contribution in [3.63, 3.8) is 0 Å². The van der Waals surface area contributed by atoms with Crippen LogP contribution in [0.5, 0.6) is 11.5 Å². The highest BCUT2D eigenvalue weighted by Gasteiger charge is 2.18. The van der Waals surface area contributed by atoms with Gasteiger partial charge in [-0.15, -0.1) is 0 Å². The smallest absolute Gasteiger partial charge is 0.240 e. The van der Waals surface area contributed by atoms with Crippen LogP contribution in [0.3, 0.4) is 0 Å². The first-order valence-corrected chi connectivity index (χ1v) is 9.64. The third-order valence-electron chi connectivity index (χ3n) is 3.79. The van der Waals surface area contributed by atoms with E-state index in [1.54, 1.807) is 38.3 Å². The monoisotopic (exact) mass is 383 g/mol. The molecule has 136 valence electrons. The molecule has 0 aliphatic carbocycles. The van der Waals surface area contributed by atoms with Crippen molar-refractivity contribution in [3.8, 4) is 11.5 Å². The van der Waals surface area contributed by atoms with Gasteiger partial charge in [-0.25, -0.2) is 13.1 Å². The zero-order valence-corrected chi connectivity index (χ0v) is 16.3. The van der Waals surface area contributed by atoms with Gasteiger partial charge in [0.1, 0.15) is 18.1 Å². The Morgan fingerprint density at radius 3 is 2.40 bits per heavy atom. The number of benzene rings is 2. The Hall–Kier alpha value is -1.76. The molecular formula is C18H22ClNO4S. The first-order valence-electron chi connectivity index (χ1n) is 7.78. The number of rotatable bonds is 7. The summed E-state index contributed by atoms with van der Waals surface area (Å²) in [6.45, 7) is 5.80. The molecule has 2 aromatic carbocycles. The molecule has 0 unspecified atom stereocenters. The number of hydrogen-bond acceptors (Lipinski definition) is 4. The molecule has 0 aliphatic rings. The Labute approximate surface area is 154 Å². The molecule has 0 aliphatic heterocycles. The molecule has 5 nitrogen and oxygen atoms in total. The first-order chi connectivity index (χ1) is 11.7. The van der Waals surface area contributed by atoms with Crippen LogP contribution in [-0.2, 0) is 10.0 Å². The molecule has 0 saturated heterocycles. The minimum Gasteiger partial charge on any atom is -0.496 e. The Bertz CT molecular complexity index is 866. The first kappa shape index (κ1) is 19.6. The van der Waals surface area contributed by atoms with E-state index in [1.807, 2.05) is 19.9 Å². The summed E-state index contributed by atoms with van der Waals surface area (Å²) in [5.74, 6) is 1.27. The lowest BCUT2D eigenvalue weighted by Crippen LogP contribution is -2.29. The Kier molecular flexibility index (Phi) is 6.32. The maximum atomic E-state index is 12.5. The summed E-state index contributed by atoms with van der Waals surface area (Å²) < 4.78 is 38.3. The summed E-state index contributed by atoms with van der Waals surface area (Å²) in [4.78, 5) is 0.240. The predicted octanol–water partition coefficient (Wildman–Crippen LogP) is 3.63. The number of sulfonamides is 1. The highest BCUT2D eigenvalue weighted by atomic mass is 35.5. The van der Waals surface area contributed by atoms with Crippen molar-refractivity contribution >= 4 is 21.6 Å². The molecule has 0 atom stereocenters. The van der Waals surface area contributed by atoms with Gasteiger partial charge in [-0.1, -0.05) is 17.7 Å². The number of ether oxygens (including phenoxy) is 2. The van der Waals surface area contributed by atoms with E-state index >= 15 is 0 Å². The molecule has 0 amide bonds. The van der Waals surface area contributed by atoms with E-state index in [2.05, 4.69) is 4.72 Å². The van der Waals surface area contributed by atoms with Gasteiger partial charge in [0.05, 0.1) is 12.0 Å². The van der Waals surface area contributed by atoms with Crippen molar-refractivity contribution in [2.75, 3.05) is 20.3 Å². The maximum absolute atomic E-state index is 12.5. The zero-order chi connectivity index (χ0) is 18.6. The van der Waals surface area contributed by atoms with E-state index in [0.717, 1.165) is 11.1 Å². The Morgan fingerprint density at radius 2 is 1.76 bits per heavy atom. The number of aryl methyl sites for hydroxylation is 3. The van der Waals surface area contributed by atoms with Crippen LogP contribution in [0.1, 0.15) is 16.7 Å². The summed E-state index contributed by atoms with van der Waals surface area (Å²) >= 11 is 6.03. The Morgan fingerprint density at radius 1 is 1.04 bits per heavy atom. The molecular weight excluding hydrogens is 362 g/mol. The molecule has 1 N–H and O–H groups in total. The molecule has 2 rings (SSSR count). The van der Waals surface area contributed by atoms with Crippen LogP contribution < -0.4 is 14.2 Å². The van der Waals surface area contributed by atoms with Crippen LogP contribution >= 0.6 is 11.6 Å². The summed E-state index contributed by atoms with van der Waals surface area (Å²) in [5, 5.41) is 0.613. The standard InChI is InChI=1S/C18H22ClNO4S/c1-12-5-6-15(11-16(12)19)24-8-7-20-25(21,22)18-10-13(2)17(23-4)9-14(18)3/h5-6,9-11,20H,7-8H2,1-4H3. The van der Waals surface area contributed by atoms with Gasteiger partial charge in [-0.05, 0) is 61.7 Å². The van der Waals surface area contributed by atoms with Crippen LogP contribution in [0.2, 0.25) is 5.02 Å². The number of halogens is 1.